The second-order valence-electron chi connectivity index (χ2n) is 8.65. The predicted octanol–water partition coefficient (Wildman–Crippen LogP) is 4.94. The van der Waals surface area contributed by atoms with Gasteiger partial charge in [-0.15, -0.1) is 0 Å². The molecule has 0 bridgehead atoms. The van der Waals surface area contributed by atoms with E-state index in [0.29, 0.717) is 11.4 Å². The fraction of sp³-hybridized carbons (Fsp3) is 0.545. The van der Waals surface area contributed by atoms with Gasteiger partial charge in [0.15, 0.2) is 0 Å². The Labute approximate surface area is 174 Å². The van der Waals surface area contributed by atoms with Crippen molar-refractivity contribution >= 4 is 21.4 Å². The molecule has 1 aromatic carbocycles. The molecule has 1 saturated heterocycles. The molecule has 0 saturated carbocycles. The number of nitrogens with zero attached hydrogens (tertiary/aromatic N) is 1. The number of nitrogens with one attached hydrogen (secondary N) is 1. The van der Waals surface area contributed by atoms with Crippen molar-refractivity contribution in [3.8, 4) is 0 Å². The Morgan fingerprint density at radius 1 is 1.04 bits per heavy atom. The average Bonchev–Trinajstić information content (AvgIpc) is 3.04. The van der Waals surface area contributed by atoms with Gasteiger partial charge in [0.2, 0.25) is 10.0 Å². The van der Waals surface area contributed by atoms with Crippen LogP contribution < -0.4 is 4.72 Å². The lowest BCUT2D eigenvalue weighted by molar-refractivity contribution is 0.206. The number of sulfonamides is 1. The Kier molecular flexibility index (Phi) is 6.97. The van der Waals surface area contributed by atoms with Crippen molar-refractivity contribution in [3.05, 3.63) is 52.2 Å². The van der Waals surface area contributed by atoms with Crippen molar-refractivity contribution in [2.45, 2.75) is 62.8 Å². The van der Waals surface area contributed by atoms with Crippen molar-refractivity contribution in [2.24, 2.45) is 0 Å². The van der Waals surface area contributed by atoms with Crippen LogP contribution in [0.4, 0.5) is 0 Å². The molecule has 1 fully saturated rings. The molecule has 0 spiro atoms. The first-order chi connectivity index (χ1) is 13.3. The summed E-state index contributed by atoms with van der Waals surface area (Å²) < 4.78 is 28.7. The molecule has 28 heavy (non-hydrogen) atoms. The zero-order valence-electron chi connectivity index (χ0n) is 17.1. The highest BCUT2D eigenvalue weighted by Crippen LogP contribution is 2.27. The van der Waals surface area contributed by atoms with Crippen molar-refractivity contribution in [3.63, 3.8) is 0 Å². The number of likely N-dealkylation sites (tertiary alicyclic amines) is 1. The minimum absolute atomic E-state index is 0.00648. The lowest BCUT2D eigenvalue weighted by Crippen LogP contribution is -2.38. The zero-order chi connectivity index (χ0) is 20.2. The molecule has 2 aromatic rings. The molecular weight excluding hydrogens is 388 g/mol. The third-order valence-electron chi connectivity index (χ3n) is 5.51. The van der Waals surface area contributed by atoms with Crippen molar-refractivity contribution < 1.29 is 8.42 Å². The summed E-state index contributed by atoms with van der Waals surface area (Å²) in [6.07, 6.45) is 4.89. The highest BCUT2D eigenvalue weighted by molar-refractivity contribution is 7.89. The summed E-state index contributed by atoms with van der Waals surface area (Å²) in [6, 6.07) is 9.47. The maximum atomic E-state index is 12.9. The third kappa shape index (κ3) is 5.44. The molecule has 1 aliphatic rings. The van der Waals surface area contributed by atoms with Gasteiger partial charge in [-0.05, 0) is 71.4 Å². The van der Waals surface area contributed by atoms with Crippen LogP contribution in [0.15, 0.2) is 46.0 Å². The van der Waals surface area contributed by atoms with E-state index in [2.05, 4.69) is 47.2 Å². The molecule has 1 aliphatic heterocycles. The summed E-state index contributed by atoms with van der Waals surface area (Å²) in [7, 11) is -3.53. The lowest BCUT2D eigenvalue weighted by Gasteiger charge is -2.30. The van der Waals surface area contributed by atoms with E-state index < -0.39 is 10.0 Å². The molecular formula is C22H32N2O2S2. The summed E-state index contributed by atoms with van der Waals surface area (Å²) in [5.74, 6) is 0. The highest BCUT2D eigenvalue weighted by Gasteiger charge is 2.25. The van der Waals surface area contributed by atoms with Gasteiger partial charge in [0.1, 0.15) is 0 Å². The summed E-state index contributed by atoms with van der Waals surface area (Å²) in [5.41, 5.74) is 2.34. The SMILES string of the molecule is CC(C)(C)c1ccc(S(=O)(=O)NCC(c2ccsc2)N2CCCCCC2)cc1. The molecule has 6 heteroatoms. The summed E-state index contributed by atoms with van der Waals surface area (Å²) >= 11 is 1.67. The lowest BCUT2D eigenvalue weighted by atomic mass is 9.87. The van der Waals surface area contributed by atoms with E-state index in [0.717, 1.165) is 18.7 Å². The van der Waals surface area contributed by atoms with Crippen molar-refractivity contribution in [2.75, 3.05) is 19.6 Å². The Hall–Kier alpha value is -1.21. The summed E-state index contributed by atoms with van der Waals surface area (Å²) in [5, 5.41) is 4.21. The Bertz CT molecular complexity index is 830. The van der Waals surface area contributed by atoms with E-state index >= 15 is 0 Å². The monoisotopic (exact) mass is 420 g/mol. The largest absolute Gasteiger partial charge is 0.295 e. The molecule has 0 radical (unpaired) electrons. The smallest absolute Gasteiger partial charge is 0.240 e. The number of hydrogen-bond acceptors (Lipinski definition) is 4. The third-order valence-corrected chi connectivity index (χ3v) is 7.65. The normalized spacial score (nSPS) is 18.0. The number of rotatable bonds is 6. The molecule has 1 atom stereocenters. The van der Waals surface area contributed by atoms with Crippen LogP contribution >= 0.6 is 11.3 Å². The minimum atomic E-state index is -3.53. The van der Waals surface area contributed by atoms with Gasteiger partial charge in [-0.3, -0.25) is 4.90 Å². The maximum Gasteiger partial charge on any atom is 0.240 e. The molecule has 1 aromatic heterocycles. The standard InChI is InChI=1S/C22H32N2O2S2/c1-22(2,3)19-8-10-20(11-9-19)28(25,26)23-16-21(18-12-15-27-17-18)24-13-6-4-5-7-14-24/h8-12,15,17,21,23H,4-7,13-14,16H2,1-3H3. The van der Waals surface area contributed by atoms with E-state index in [1.54, 1.807) is 23.5 Å². The topological polar surface area (TPSA) is 49.4 Å². The van der Waals surface area contributed by atoms with Gasteiger partial charge in [-0.1, -0.05) is 45.7 Å². The second kappa shape index (κ2) is 9.08. The van der Waals surface area contributed by atoms with Crippen LogP contribution in [0, 0.1) is 0 Å². The number of benzene rings is 1. The first-order valence-corrected chi connectivity index (χ1v) is 12.6. The summed E-state index contributed by atoms with van der Waals surface area (Å²) in [4.78, 5) is 2.78. The molecule has 1 unspecified atom stereocenters. The van der Waals surface area contributed by atoms with Crippen LogP contribution in [0.5, 0.6) is 0 Å². The number of hydrogen-bond donors (Lipinski definition) is 1. The highest BCUT2D eigenvalue weighted by atomic mass is 32.2. The molecule has 0 aliphatic carbocycles. The van der Waals surface area contributed by atoms with Crippen LogP contribution in [-0.4, -0.2) is 33.0 Å². The Balaban J connectivity index is 1.74. The fourth-order valence-corrected chi connectivity index (χ4v) is 5.48. The van der Waals surface area contributed by atoms with Gasteiger partial charge in [-0.25, -0.2) is 13.1 Å². The van der Waals surface area contributed by atoms with Crippen LogP contribution in [0.1, 0.15) is 63.6 Å². The quantitative estimate of drug-likeness (QED) is 0.720. The van der Waals surface area contributed by atoms with Crippen LogP contribution in [-0.2, 0) is 15.4 Å². The van der Waals surface area contributed by atoms with Gasteiger partial charge in [0.05, 0.1) is 4.90 Å². The molecule has 4 nitrogen and oxygen atoms in total. The number of thiophene rings is 1. The maximum absolute atomic E-state index is 12.9. The summed E-state index contributed by atoms with van der Waals surface area (Å²) in [6.45, 7) is 8.84. The van der Waals surface area contributed by atoms with Crippen LogP contribution in [0.2, 0.25) is 0 Å². The first kappa shape index (κ1) is 21.5. The molecule has 1 N–H and O–H groups in total. The molecule has 3 rings (SSSR count). The van der Waals surface area contributed by atoms with E-state index in [-0.39, 0.29) is 11.5 Å². The van der Waals surface area contributed by atoms with Crippen LogP contribution in [0.3, 0.4) is 0 Å². The van der Waals surface area contributed by atoms with Crippen molar-refractivity contribution in [1.82, 2.24) is 9.62 Å². The van der Waals surface area contributed by atoms with E-state index in [9.17, 15) is 8.42 Å². The van der Waals surface area contributed by atoms with Crippen LogP contribution in [0.25, 0.3) is 0 Å². The zero-order valence-corrected chi connectivity index (χ0v) is 18.8. The minimum Gasteiger partial charge on any atom is -0.295 e. The predicted molar refractivity (Wildman–Crippen MR) is 117 cm³/mol. The van der Waals surface area contributed by atoms with Crippen molar-refractivity contribution in [1.29, 1.82) is 0 Å². The Morgan fingerprint density at radius 2 is 1.68 bits per heavy atom. The van der Waals surface area contributed by atoms with E-state index in [1.165, 1.54) is 31.2 Å². The van der Waals surface area contributed by atoms with Gasteiger partial charge >= 0.3 is 0 Å². The molecule has 2 heterocycles. The van der Waals surface area contributed by atoms with Gasteiger partial charge in [-0.2, -0.15) is 11.3 Å². The van der Waals surface area contributed by atoms with Gasteiger partial charge in [0.25, 0.3) is 0 Å². The Morgan fingerprint density at radius 3 is 2.21 bits per heavy atom. The molecule has 154 valence electrons. The second-order valence-corrected chi connectivity index (χ2v) is 11.2. The first-order valence-electron chi connectivity index (χ1n) is 10.1. The average molecular weight is 421 g/mol. The van der Waals surface area contributed by atoms with Gasteiger partial charge < -0.3 is 0 Å². The molecule has 0 amide bonds. The fourth-order valence-electron chi connectivity index (χ4n) is 3.74. The van der Waals surface area contributed by atoms with Gasteiger partial charge in [0, 0.05) is 12.6 Å². The van der Waals surface area contributed by atoms with E-state index in [4.69, 9.17) is 0 Å². The van der Waals surface area contributed by atoms with E-state index in [1.807, 2.05) is 12.1 Å².